The van der Waals surface area contributed by atoms with Crippen molar-refractivity contribution in [1.29, 1.82) is 0 Å². The molecule has 4 rings (SSSR count). The van der Waals surface area contributed by atoms with Gasteiger partial charge in [0.1, 0.15) is 5.70 Å². The van der Waals surface area contributed by atoms with E-state index in [0.717, 1.165) is 11.1 Å². The third kappa shape index (κ3) is 5.14. The zero-order valence-corrected chi connectivity index (χ0v) is 21.0. The Labute approximate surface area is 213 Å². The van der Waals surface area contributed by atoms with Gasteiger partial charge in [-0.05, 0) is 30.9 Å². The highest BCUT2D eigenvalue weighted by molar-refractivity contribution is 8.03. The Balaban J connectivity index is 1.34. The van der Waals surface area contributed by atoms with Crippen LogP contribution in [0.4, 0.5) is 0 Å². The van der Waals surface area contributed by atoms with Crippen LogP contribution in [-0.2, 0) is 32.1 Å². The number of carbonyl (C=O) groups is 4. The number of amides is 2. The van der Waals surface area contributed by atoms with E-state index in [-0.39, 0.29) is 41.1 Å². The van der Waals surface area contributed by atoms with Crippen molar-refractivity contribution in [2.75, 3.05) is 6.54 Å². The van der Waals surface area contributed by atoms with Crippen LogP contribution in [0, 0.1) is 11.8 Å². The van der Waals surface area contributed by atoms with Crippen molar-refractivity contribution in [3.63, 3.8) is 0 Å². The number of aryl methyl sites for hydroxylation is 1. The minimum Gasteiger partial charge on any atom is -0.481 e. The van der Waals surface area contributed by atoms with Crippen molar-refractivity contribution >= 4 is 35.5 Å². The molecular formula is C25H31N3O7S. The first kappa shape index (κ1) is 26.2. The van der Waals surface area contributed by atoms with Crippen LogP contribution in [0.5, 0.6) is 0 Å². The zero-order valence-electron chi connectivity index (χ0n) is 20.1. The van der Waals surface area contributed by atoms with Crippen LogP contribution in [-0.4, -0.2) is 74.0 Å². The number of nitrogens with one attached hydrogen (secondary N) is 2. The van der Waals surface area contributed by atoms with Gasteiger partial charge >= 0.3 is 11.9 Å². The summed E-state index contributed by atoms with van der Waals surface area (Å²) in [5.41, 5.74) is 1.77. The van der Waals surface area contributed by atoms with Gasteiger partial charge in [0.2, 0.25) is 11.8 Å². The second kappa shape index (κ2) is 10.6. The summed E-state index contributed by atoms with van der Waals surface area (Å²) in [7, 11) is 0. The van der Waals surface area contributed by atoms with Crippen LogP contribution in [0.15, 0.2) is 34.9 Å². The highest BCUT2D eigenvalue weighted by Crippen LogP contribution is 2.51. The number of carboxylic acids is 2. The van der Waals surface area contributed by atoms with E-state index in [0.29, 0.717) is 30.8 Å². The van der Waals surface area contributed by atoms with E-state index in [1.807, 2.05) is 31.2 Å². The number of aliphatic hydroxyl groups excluding tert-OH is 1. The van der Waals surface area contributed by atoms with Gasteiger partial charge in [-0.3, -0.25) is 14.4 Å². The number of aliphatic carboxylic acids is 2. The van der Waals surface area contributed by atoms with E-state index >= 15 is 0 Å². The van der Waals surface area contributed by atoms with Gasteiger partial charge in [-0.1, -0.05) is 31.2 Å². The lowest BCUT2D eigenvalue weighted by Gasteiger charge is -2.46. The van der Waals surface area contributed by atoms with Gasteiger partial charge in [-0.2, -0.15) is 0 Å². The molecule has 6 unspecified atom stereocenters. The maximum Gasteiger partial charge on any atom is 0.353 e. The number of fused-ring (bicyclic) bond motifs is 1. The van der Waals surface area contributed by atoms with E-state index in [1.165, 1.54) is 16.7 Å². The third-order valence-corrected chi connectivity index (χ3v) is 8.61. The first-order chi connectivity index (χ1) is 17.1. The van der Waals surface area contributed by atoms with Crippen LogP contribution in [0.25, 0.3) is 0 Å². The maximum atomic E-state index is 12.8. The van der Waals surface area contributed by atoms with Crippen LogP contribution >= 0.6 is 11.8 Å². The smallest absolute Gasteiger partial charge is 0.353 e. The molecule has 0 spiro atoms. The number of carboxylic acid groups (broad SMARTS) is 2. The highest BCUT2D eigenvalue weighted by Gasteiger charge is 2.60. The Hall–Kier alpha value is -2.89. The summed E-state index contributed by atoms with van der Waals surface area (Å²) in [5.74, 6) is -3.34. The fourth-order valence-electron chi connectivity index (χ4n) is 5.31. The molecule has 3 heterocycles. The molecule has 0 bridgehead atoms. The SMILES string of the molecule is CC(O)C1C(=O)N2C(C(=O)O)=C(SC3CNC(C(=O)NCc4cccc(CCC(=O)O)c4)C3)C(C)C12. The monoisotopic (exact) mass is 517 g/mol. The van der Waals surface area contributed by atoms with Crippen LogP contribution in [0.1, 0.15) is 37.8 Å². The predicted molar refractivity (Wildman–Crippen MR) is 132 cm³/mol. The maximum absolute atomic E-state index is 12.8. The van der Waals surface area contributed by atoms with Gasteiger partial charge in [-0.25, -0.2) is 4.79 Å². The van der Waals surface area contributed by atoms with Gasteiger partial charge in [-0.15, -0.1) is 11.8 Å². The average Bonchev–Trinajstić information content (AvgIpc) is 3.38. The fraction of sp³-hybridized carbons (Fsp3) is 0.520. The molecule has 36 heavy (non-hydrogen) atoms. The van der Waals surface area contributed by atoms with Gasteiger partial charge in [0, 0.05) is 35.6 Å². The summed E-state index contributed by atoms with van der Waals surface area (Å²) in [6.07, 6.45) is 0.136. The number of benzene rings is 1. The van der Waals surface area contributed by atoms with Crippen molar-refractivity contribution in [3.8, 4) is 0 Å². The third-order valence-electron chi connectivity index (χ3n) is 7.10. The number of β-lactam (4-membered cyclic amide) rings is 1. The Kier molecular flexibility index (Phi) is 7.72. The average molecular weight is 518 g/mol. The number of hydrogen-bond donors (Lipinski definition) is 5. The van der Waals surface area contributed by atoms with Crippen LogP contribution in [0.2, 0.25) is 0 Å². The summed E-state index contributed by atoms with van der Waals surface area (Å²) in [4.78, 5) is 50.0. The summed E-state index contributed by atoms with van der Waals surface area (Å²) >= 11 is 1.40. The molecule has 3 aliphatic heterocycles. The number of hydrogen-bond acceptors (Lipinski definition) is 7. The number of thioether (sulfide) groups is 1. The minimum atomic E-state index is -1.16. The second-order valence-corrected chi connectivity index (χ2v) is 11.0. The van der Waals surface area contributed by atoms with E-state index < -0.39 is 30.0 Å². The summed E-state index contributed by atoms with van der Waals surface area (Å²) in [6.45, 7) is 4.28. The lowest BCUT2D eigenvalue weighted by atomic mass is 9.79. The molecule has 0 radical (unpaired) electrons. The molecule has 2 saturated heterocycles. The Morgan fingerprint density at radius 1 is 1.25 bits per heavy atom. The predicted octanol–water partition coefficient (Wildman–Crippen LogP) is 0.937. The van der Waals surface area contributed by atoms with Crippen molar-refractivity contribution in [2.24, 2.45) is 11.8 Å². The Bertz CT molecular complexity index is 1100. The van der Waals surface area contributed by atoms with Crippen molar-refractivity contribution < 1.29 is 34.5 Å². The molecule has 10 nitrogen and oxygen atoms in total. The molecule has 194 valence electrons. The highest BCUT2D eigenvalue weighted by atomic mass is 32.2. The second-order valence-electron chi connectivity index (χ2n) is 9.64. The van der Waals surface area contributed by atoms with E-state index in [9.17, 15) is 29.4 Å². The molecule has 3 aliphatic rings. The molecule has 1 aromatic rings. The number of aliphatic hydroxyl groups is 1. The lowest BCUT2D eigenvalue weighted by Crippen LogP contribution is -2.63. The van der Waals surface area contributed by atoms with Gasteiger partial charge in [0.05, 0.1) is 24.1 Å². The van der Waals surface area contributed by atoms with Crippen molar-refractivity contribution in [1.82, 2.24) is 15.5 Å². The number of carbonyl (C=O) groups excluding carboxylic acids is 2. The van der Waals surface area contributed by atoms with Gasteiger partial charge < -0.3 is 30.9 Å². The molecule has 1 aromatic carbocycles. The summed E-state index contributed by atoms with van der Waals surface area (Å²) < 4.78 is 0. The topological polar surface area (TPSA) is 156 Å². The lowest BCUT2D eigenvalue weighted by molar-refractivity contribution is -0.163. The van der Waals surface area contributed by atoms with E-state index in [4.69, 9.17) is 5.11 Å². The largest absolute Gasteiger partial charge is 0.481 e. The minimum absolute atomic E-state index is 0.00455. The molecule has 2 amide bonds. The number of rotatable bonds is 10. The van der Waals surface area contributed by atoms with Gasteiger partial charge in [0.15, 0.2) is 0 Å². The Morgan fingerprint density at radius 3 is 2.64 bits per heavy atom. The zero-order chi connectivity index (χ0) is 26.1. The first-order valence-electron chi connectivity index (χ1n) is 12.0. The van der Waals surface area contributed by atoms with Crippen LogP contribution < -0.4 is 10.6 Å². The van der Waals surface area contributed by atoms with E-state index in [1.54, 1.807) is 6.92 Å². The van der Waals surface area contributed by atoms with E-state index in [2.05, 4.69) is 10.6 Å². The molecule has 2 fully saturated rings. The quantitative estimate of drug-likeness (QED) is 0.285. The summed E-state index contributed by atoms with van der Waals surface area (Å²) in [5, 5.41) is 34.7. The summed E-state index contributed by atoms with van der Waals surface area (Å²) in [6, 6.07) is 6.68. The Morgan fingerprint density at radius 2 is 1.97 bits per heavy atom. The molecule has 5 N–H and O–H groups in total. The standard InChI is InChI=1S/C25H31N3O7S/c1-12-20-19(13(2)29)24(33)28(20)21(25(34)35)22(12)36-16-9-17(26-11-16)23(32)27-10-15-5-3-4-14(8-15)6-7-18(30)31/h3-5,8,12-13,16-17,19-20,26,29H,6-7,9-11H2,1-2H3,(H,27,32)(H,30,31)(H,34,35). The molecule has 0 saturated carbocycles. The number of nitrogens with zero attached hydrogens (tertiary/aromatic N) is 1. The molecule has 6 atom stereocenters. The fourth-order valence-corrected chi connectivity index (χ4v) is 6.79. The molecule has 0 aliphatic carbocycles. The van der Waals surface area contributed by atoms with Crippen molar-refractivity contribution in [3.05, 3.63) is 46.0 Å². The molecule has 11 heteroatoms. The van der Waals surface area contributed by atoms with Gasteiger partial charge in [0.25, 0.3) is 0 Å². The van der Waals surface area contributed by atoms with Crippen molar-refractivity contribution in [2.45, 2.75) is 63.1 Å². The molecular weight excluding hydrogens is 486 g/mol. The normalized spacial score (nSPS) is 28.0. The first-order valence-corrected chi connectivity index (χ1v) is 12.9. The van der Waals surface area contributed by atoms with Crippen LogP contribution in [0.3, 0.4) is 0 Å². The molecule has 0 aromatic heterocycles.